The van der Waals surface area contributed by atoms with Crippen LogP contribution in [0.25, 0.3) is 27.7 Å². The number of pyridine rings is 1. The number of hydrogen-bond donors (Lipinski definition) is 1. The van der Waals surface area contributed by atoms with E-state index in [1.54, 1.807) is 12.3 Å². The number of imidazole rings is 1. The van der Waals surface area contributed by atoms with Gasteiger partial charge < -0.3 is 4.98 Å². The van der Waals surface area contributed by atoms with Gasteiger partial charge in [-0.1, -0.05) is 12.1 Å². The van der Waals surface area contributed by atoms with Crippen molar-refractivity contribution in [1.29, 1.82) is 0 Å². The van der Waals surface area contributed by atoms with Gasteiger partial charge in [-0.3, -0.25) is 9.20 Å². The molecule has 0 spiro atoms. The summed E-state index contributed by atoms with van der Waals surface area (Å²) in [7, 11) is 0. The maximum atomic E-state index is 12.0. The molecule has 0 bridgehead atoms. The quantitative estimate of drug-likeness (QED) is 0.505. The molecule has 0 aliphatic rings. The molecule has 0 saturated carbocycles. The fourth-order valence-corrected chi connectivity index (χ4v) is 2.30. The van der Waals surface area contributed by atoms with E-state index in [1.807, 2.05) is 28.7 Å². The minimum atomic E-state index is -0.0721. The van der Waals surface area contributed by atoms with E-state index in [0.29, 0.717) is 11.0 Å². The third-order valence-electron chi connectivity index (χ3n) is 3.08. The summed E-state index contributed by atoms with van der Waals surface area (Å²) in [6, 6.07) is 9.45. The fraction of sp³-hybridized carbons (Fsp3) is 0. The molecular weight excluding hydrogens is 228 g/mol. The summed E-state index contributed by atoms with van der Waals surface area (Å²) in [6.45, 7) is 0. The molecule has 4 rings (SSSR count). The Morgan fingerprint density at radius 3 is 3.06 bits per heavy atom. The number of aromatic amines is 1. The minimum absolute atomic E-state index is 0.0721. The lowest BCUT2D eigenvalue weighted by atomic mass is 10.3. The Hall–Kier alpha value is -2.69. The van der Waals surface area contributed by atoms with Crippen molar-refractivity contribution in [3.05, 3.63) is 53.1 Å². The van der Waals surface area contributed by atoms with Crippen LogP contribution >= 0.6 is 0 Å². The van der Waals surface area contributed by atoms with E-state index in [-0.39, 0.29) is 5.43 Å². The number of para-hydroxylation sites is 2. The van der Waals surface area contributed by atoms with Gasteiger partial charge in [0.2, 0.25) is 0 Å². The van der Waals surface area contributed by atoms with E-state index in [2.05, 4.69) is 15.0 Å². The topological polar surface area (TPSA) is 63.0 Å². The molecule has 1 N–H and O–H groups in total. The number of aromatic nitrogens is 4. The lowest BCUT2D eigenvalue weighted by Crippen LogP contribution is -2.05. The van der Waals surface area contributed by atoms with Crippen molar-refractivity contribution >= 4 is 27.7 Å². The number of benzene rings is 1. The van der Waals surface area contributed by atoms with E-state index in [0.717, 1.165) is 16.7 Å². The molecule has 5 nitrogen and oxygen atoms in total. The van der Waals surface area contributed by atoms with Crippen LogP contribution in [0.4, 0.5) is 0 Å². The third kappa shape index (κ3) is 1.08. The Balaban J connectivity index is 2.43. The summed E-state index contributed by atoms with van der Waals surface area (Å²) in [5, 5.41) is 0.528. The minimum Gasteiger partial charge on any atom is -0.339 e. The van der Waals surface area contributed by atoms with Crippen molar-refractivity contribution in [3.8, 4) is 0 Å². The van der Waals surface area contributed by atoms with Gasteiger partial charge in [0.1, 0.15) is 12.0 Å². The molecule has 0 aliphatic heterocycles. The van der Waals surface area contributed by atoms with Crippen LogP contribution in [0, 0.1) is 0 Å². The van der Waals surface area contributed by atoms with E-state index in [1.165, 1.54) is 6.33 Å². The van der Waals surface area contributed by atoms with Crippen LogP contribution in [0.3, 0.4) is 0 Å². The summed E-state index contributed by atoms with van der Waals surface area (Å²) < 4.78 is 1.94. The first-order chi connectivity index (χ1) is 8.84. The second-order valence-electron chi connectivity index (χ2n) is 4.13. The number of nitrogens with zero attached hydrogens (tertiary/aromatic N) is 3. The number of fused-ring (bicyclic) bond motifs is 5. The molecule has 0 fully saturated rings. The highest BCUT2D eigenvalue weighted by Gasteiger charge is 2.09. The van der Waals surface area contributed by atoms with Crippen LogP contribution in [-0.4, -0.2) is 19.4 Å². The van der Waals surface area contributed by atoms with Gasteiger partial charge in [-0.15, -0.1) is 0 Å². The molecule has 3 aromatic heterocycles. The average molecular weight is 236 g/mol. The Bertz CT molecular complexity index is 951. The van der Waals surface area contributed by atoms with E-state index >= 15 is 0 Å². The predicted molar refractivity (Wildman–Crippen MR) is 68.6 cm³/mol. The molecule has 0 unspecified atom stereocenters. The second-order valence-corrected chi connectivity index (χ2v) is 4.13. The van der Waals surface area contributed by atoms with Crippen LogP contribution in [0.1, 0.15) is 0 Å². The van der Waals surface area contributed by atoms with Gasteiger partial charge >= 0.3 is 0 Å². The summed E-state index contributed by atoms with van der Waals surface area (Å²) in [5.41, 5.74) is 3.27. The van der Waals surface area contributed by atoms with E-state index < -0.39 is 0 Å². The van der Waals surface area contributed by atoms with Crippen molar-refractivity contribution in [2.75, 3.05) is 0 Å². The molecule has 86 valence electrons. The van der Waals surface area contributed by atoms with Gasteiger partial charge in [0.05, 0.1) is 16.4 Å². The largest absolute Gasteiger partial charge is 0.339 e. The molecular formula is C13H8N4O. The molecule has 3 heterocycles. The number of rotatable bonds is 0. The molecule has 0 aliphatic carbocycles. The lowest BCUT2D eigenvalue weighted by molar-refractivity contribution is 1.15. The van der Waals surface area contributed by atoms with Gasteiger partial charge in [0.15, 0.2) is 11.1 Å². The summed E-state index contributed by atoms with van der Waals surface area (Å²) in [6.07, 6.45) is 3.01. The van der Waals surface area contributed by atoms with Crippen LogP contribution < -0.4 is 5.43 Å². The van der Waals surface area contributed by atoms with Gasteiger partial charge in [0.25, 0.3) is 0 Å². The molecule has 18 heavy (non-hydrogen) atoms. The van der Waals surface area contributed by atoms with E-state index in [4.69, 9.17) is 0 Å². The SMILES string of the molecule is O=c1cc2[nH]c3ccccc3n2c2ncncc12. The van der Waals surface area contributed by atoms with Gasteiger partial charge in [-0.05, 0) is 12.1 Å². The Morgan fingerprint density at radius 1 is 1.22 bits per heavy atom. The molecule has 0 amide bonds. The van der Waals surface area contributed by atoms with Crippen LogP contribution in [0.2, 0.25) is 0 Å². The third-order valence-corrected chi connectivity index (χ3v) is 3.08. The van der Waals surface area contributed by atoms with Crippen molar-refractivity contribution < 1.29 is 0 Å². The van der Waals surface area contributed by atoms with E-state index in [9.17, 15) is 4.79 Å². The Morgan fingerprint density at radius 2 is 2.11 bits per heavy atom. The van der Waals surface area contributed by atoms with Crippen LogP contribution in [-0.2, 0) is 0 Å². The zero-order valence-corrected chi connectivity index (χ0v) is 9.29. The van der Waals surface area contributed by atoms with Crippen molar-refractivity contribution in [2.24, 2.45) is 0 Å². The molecule has 0 atom stereocenters. The highest BCUT2D eigenvalue weighted by atomic mass is 16.1. The highest BCUT2D eigenvalue weighted by molar-refractivity contribution is 5.88. The van der Waals surface area contributed by atoms with Crippen LogP contribution in [0.5, 0.6) is 0 Å². The highest BCUT2D eigenvalue weighted by Crippen LogP contribution is 2.18. The second kappa shape index (κ2) is 3.16. The zero-order chi connectivity index (χ0) is 12.1. The maximum absolute atomic E-state index is 12.0. The smallest absolute Gasteiger partial charge is 0.194 e. The van der Waals surface area contributed by atoms with Crippen molar-refractivity contribution in [2.45, 2.75) is 0 Å². The molecule has 4 aromatic rings. The molecule has 0 radical (unpaired) electrons. The van der Waals surface area contributed by atoms with Gasteiger partial charge in [0, 0.05) is 12.3 Å². The number of nitrogens with one attached hydrogen (secondary N) is 1. The first-order valence-corrected chi connectivity index (χ1v) is 5.57. The van der Waals surface area contributed by atoms with Crippen molar-refractivity contribution in [1.82, 2.24) is 19.4 Å². The first-order valence-electron chi connectivity index (χ1n) is 5.57. The fourth-order valence-electron chi connectivity index (χ4n) is 2.30. The summed E-state index contributed by atoms with van der Waals surface area (Å²) in [4.78, 5) is 23.3. The van der Waals surface area contributed by atoms with Crippen molar-refractivity contribution in [3.63, 3.8) is 0 Å². The Kier molecular flexibility index (Phi) is 1.64. The standard InChI is InChI=1S/C13H8N4O/c18-11-5-12-16-9-3-1-2-4-10(9)17(12)13-8(11)6-14-7-15-13/h1-7,16H. The molecule has 1 aromatic carbocycles. The molecule has 5 heteroatoms. The summed E-state index contributed by atoms with van der Waals surface area (Å²) >= 11 is 0. The predicted octanol–water partition coefficient (Wildman–Crippen LogP) is 1.72. The number of hydrogen-bond acceptors (Lipinski definition) is 3. The summed E-state index contributed by atoms with van der Waals surface area (Å²) in [5.74, 6) is 0. The number of H-pyrrole nitrogens is 1. The molecule has 0 saturated heterocycles. The zero-order valence-electron chi connectivity index (χ0n) is 9.29. The lowest BCUT2D eigenvalue weighted by Gasteiger charge is -2.00. The van der Waals surface area contributed by atoms with Gasteiger partial charge in [-0.2, -0.15) is 0 Å². The first kappa shape index (κ1) is 9.35. The normalized spacial score (nSPS) is 11.6. The Labute approximate surface area is 101 Å². The van der Waals surface area contributed by atoms with Gasteiger partial charge in [-0.25, -0.2) is 9.97 Å². The average Bonchev–Trinajstić information content (AvgIpc) is 2.77. The maximum Gasteiger partial charge on any atom is 0.194 e. The van der Waals surface area contributed by atoms with Crippen LogP contribution in [0.15, 0.2) is 47.7 Å². The monoisotopic (exact) mass is 236 g/mol.